The summed E-state index contributed by atoms with van der Waals surface area (Å²) in [7, 11) is -4.02. The van der Waals surface area contributed by atoms with Crippen LogP contribution in [0.2, 0.25) is 0 Å². The highest BCUT2D eigenvalue weighted by atomic mass is 32.2. The maximum Gasteiger partial charge on any atom is 0.260 e. The van der Waals surface area contributed by atoms with Crippen molar-refractivity contribution in [3.8, 4) is 0 Å². The van der Waals surface area contributed by atoms with Gasteiger partial charge in [-0.1, -0.05) is 30.3 Å². The van der Waals surface area contributed by atoms with Crippen LogP contribution in [0.3, 0.4) is 0 Å². The summed E-state index contributed by atoms with van der Waals surface area (Å²) < 4.78 is 37.7. The van der Waals surface area contributed by atoms with Gasteiger partial charge in [-0.25, -0.2) is 12.8 Å². The lowest BCUT2D eigenvalue weighted by Gasteiger charge is -2.06. The molecule has 0 aliphatic carbocycles. The largest absolute Gasteiger partial charge is 0.365 e. The first-order valence-corrected chi connectivity index (χ1v) is 7.47. The highest BCUT2D eigenvalue weighted by Crippen LogP contribution is 2.21. The summed E-state index contributed by atoms with van der Waals surface area (Å²) in [5.74, 6) is -1.53. The fraction of sp³-hybridized carbons (Fsp3) is 0. The molecule has 21 heavy (non-hydrogen) atoms. The number of carbonyl (C=O) groups excluding carboxylic acids is 1. The second-order valence-corrected chi connectivity index (χ2v) is 6.16. The van der Waals surface area contributed by atoms with Crippen LogP contribution >= 0.6 is 0 Å². The van der Waals surface area contributed by atoms with Crippen molar-refractivity contribution in [3.63, 3.8) is 0 Å². The van der Waals surface area contributed by atoms with Crippen LogP contribution in [0.15, 0.2) is 64.4 Å². The zero-order chi connectivity index (χ0) is 15.5. The summed E-state index contributed by atoms with van der Waals surface area (Å²) in [6, 6.07) is 12.5. The Kier molecular flexibility index (Phi) is 4.18. The van der Waals surface area contributed by atoms with E-state index in [0.29, 0.717) is 5.56 Å². The third-order valence-corrected chi connectivity index (χ3v) is 4.54. The molecule has 0 saturated carbocycles. The number of nitrogens with two attached hydrogens (primary N) is 1. The van der Waals surface area contributed by atoms with Gasteiger partial charge in [0.05, 0.1) is 4.90 Å². The third-order valence-electron chi connectivity index (χ3n) is 2.75. The second-order valence-electron chi connectivity index (χ2n) is 4.24. The summed E-state index contributed by atoms with van der Waals surface area (Å²) >= 11 is 0. The molecule has 2 rings (SSSR count). The number of benzene rings is 2. The van der Waals surface area contributed by atoms with Gasteiger partial charge >= 0.3 is 0 Å². The minimum atomic E-state index is -4.02. The average molecular weight is 305 g/mol. The molecule has 0 aromatic heterocycles. The van der Waals surface area contributed by atoms with Gasteiger partial charge in [0.2, 0.25) is 9.84 Å². The summed E-state index contributed by atoms with van der Waals surface area (Å²) in [6.07, 6.45) is 1.13. The predicted octanol–water partition coefficient (Wildman–Crippen LogP) is 2.13. The van der Waals surface area contributed by atoms with Gasteiger partial charge < -0.3 is 5.73 Å². The van der Waals surface area contributed by atoms with E-state index in [4.69, 9.17) is 5.73 Å². The molecule has 0 saturated heterocycles. The van der Waals surface area contributed by atoms with E-state index in [9.17, 15) is 17.6 Å². The van der Waals surface area contributed by atoms with Crippen molar-refractivity contribution in [1.29, 1.82) is 0 Å². The lowest BCUT2D eigenvalue weighted by molar-refractivity contribution is -0.113. The molecular formula is C15H12FNO3S. The molecule has 4 nitrogen and oxygen atoms in total. The normalized spacial score (nSPS) is 12.1. The Morgan fingerprint density at radius 1 is 1.00 bits per heavy atom. The number of amides is 1. The van der Waals surface area contributed by atoms with Crippen LogP contribution in [0.1, 0.15) is 5.56 Å². The average Bonchev–Trinajstić information content (AvgIpc) is 2.47. The quantitative estimate of drug-likeness (QED) is 0.879. The summed E-state index contributed by atoms with van der Waals surface area (Å²) in [4.78, 5) is 10.9. The topological polar surface area (TPSA) is 77.2 Å². The molecule has 108 valence electrons. The molecule has 0 spiro atoms. The molecule has 0 heterocycles. The zero-order valence-electron chi connectivity index (χ0n) is 10.9. The van der Waals surface area contributed by atoms with E-state index >= 15 is 0 Å². The molecule has 2 N–H and O–H groups in total. The Morgan fingerprint density at radius 3 is 2.10 bits per heavy atom. The first kappa shape index (κ1) is 14.9. The Labute approximate surface area is 121 Å². The van der Waals surface area contributed by atoms with Crippen LogP contribution in [0, 0.1) is 5.82 Å². The van der Waals surface area contributed by atoms with Crippen LogP contribution in [0.4, 0.5) is 4.39 Å². The highest BCUT2D eigenvalue weighted by molar-refractivity contribution is 7.96. The standard InChI is InChI=1S/C15H12FNO3S/c16-12-8-6-11(7-9-12)10-14(15(17)18)21(19,20)13-4-2-1-3-5-13/h1-10H,(H2,17,18). The molecule has 0 atom stereocenters. The number of primary amides is 1. The van der Waals surface area contributed by atoms with Crippen molar-refractivity contribution in [2.24, 2.45) is 5.73 Å². The summed E-state index contributed by atoms with van der Waals surface area (Å²) in [5.41, 5.74) is 5.54. The van der Waals surface area contributed by atoms with Gasteiger partial charge in [0.1, 0.15) is 10.7 Å². The first-order valence-electron chi connectivity index (χ1n) is 5.98. The van der Waals surface area contributed by atoms with Crippen molar-refractivity contribution < 1.29 is 17.6 Å². The molecule has 0 radical (unpaired) electrons. The van der Waals surface area contributed by atoms with Crippen molar-refractivity contribution in [1.82, 2.24) is 0 Å². The molecule has 1 amide bonds. The van der Waals surface area contributed by atoms with Crippen molar-refractivity contribution in [2.45, 2.75) is 4.90 Å². The lowest BCUT2D eigenvalue weighted by Crippen LogP contribution is -2.21. The number of carbonyl (C=O) groups is 1. The van der Waals surface area contributed by atoms with E-state index in [-0.39, 0.29) is 4.90 Å². The molecule has 2 aromatic rings. The maximum absolute atomic E-state index is 12.9. The van der Waals surface area contributed by atoms with E-state index in [2.05, 4.69) is 0 Å². The maximum atomic E-state index is 12.9. The van der Waals surface area contributed by atoms with Crippen molar-refractivity contribution in [3.05, 3.63) is 70.9 Å². The number of rotatable bonds is 4. The van der Waals surface area contributed by atoms with Gasteiger partial charge in [-0.2, -0.15) is 0 Å². The van der Waals surface area contributed by atoms with Gasteiger partial charge in [-0.3, -0.25) is 4.79 Å². The first-order chi connectivity index (χ1) is 9.91. The SMILES string of the molecule is NC(=O)C(=Cc1ccc(F)cc1)S(=O)(=O)c1ccccc1. The van der Waals surface area contributed by atoms with Crippen molar-refractivity contribution in [2.75, 3.05) is 0 Å². The summed E-state index contributed by atoms with van der Waals surface area (Å²) in [5, 5.41) is 0. The van der Waals surface area contributed by atoms with E-state index < -0.39 is 26.5 Å². The van der Waals surface area contributed by atoms with Crippen LogP contribution < -0.4 is 5.73 Å². The molecule has 6 heteroatoms. The second kappa shape index (κ2) is 5.88. The number of sulfone groups is 1. The Morgan fingerprint density at radius 2 is 1.57 bits per heavy atom. The smallest absolute Gasteiger partial charge is 0.260 e. The fourth-order valence-electron chi connectivity index (χ4n) is 1.72. The zero-order valence-corrected chi connectivity index (χ0v) is 11.7. The van der Waals surface area contributed by atoms with Crippen LogP contribution in [-0.4, -0.2) is 14.3 Å². The van der Waals surface area contributed by atoms with Crippen LogP contribution in [0.25, 0.3) is 6.08 Å². The van der Waals surface area contributed by atoms with Gasteiger partial charge in [0.15, 0.2) is 0 Å². The molecule has 2 aromatic carbocycles. The van der Waals surface area contributed by atoms with Gasteiger partial charge in [0.25, 0.3) is 5.91 Å². The predicted molar refractivity (Wildman–Crippen MR) is 77.2 cm³/mol. The van der Waals surface area contributed by atoms with Crippen LogP contribution in [-0.2, 0) is 14.6 Å². The minimum Gasteiger partial charge on any atom is -0.365 e. The fourth-order valence-corrected chi connectivity index (χ4v) is 3.04. The van der Waals surface area contributed by atoms with Crippen molar-refractivity contribution >= 4 is 21.8 Å². The number of halogens is 1. The number of hydrogen-bond donors (Lipinski definition) is 1. The molecule has 0 fully saturated rings. The molecule has 0 aliphatic heterocycles. The molecule has 0 bridgehead atoms. The van der Waals surface area contributed by atoms with E-state index in [1.807, 2.05) is 0 Å². The van der Waals surface area contributed by atoms with Gasteiger partial charge in [0, 0.05) is 0 Å². The summed E-state index contributed by atoms with van der Waals surface area (Å²) in [6.45, 7) is 0. The molecule has 0 unspecified atom stereocenters. The monoisotopic (exact) mass is 305 g/mol. The molecular weight excluding hydrogens is 293 g/mol. The van der Waals surface area contributed by atoms with Gasteiger partial charge in [-0.05, 0) is 35.9 Å². The highest BCUT2D eigenvalue weighted by Gasteiger charge is 2.24. The van der Waals surface area contributed by atoms with E-state index in [1.165, 1.54) is 36.4 Å². The van der Waals surface area contributed by atoms with Gasteiger partial charge in [-0.15, -0.1) is 0 Å². The lowest BCUT2D eigenvalue weighted by atomic mass is 10.2. The third kappa shape index (κ3) is 3.35. The van der Waals surface area contributed by atoms with E-state index in [1.54, 1.807) is 18.2 Å². The number of hydrogen-bond acceptors (Lipinski definition) is 3. The Bertz CT molecular complexity index is 781. The molecule has 0 aliphatic rings. The van der Waals surface area contributed by atoms with E-state index in [0.717, 1.165) is 6.08 Å². The Balaban J connectivity index is 2.54. The minimum absolute atomic E-state index is 0.0304. The Hall–Kier alpha value is -2.47. The van der Waals surface area contributed by atoms with Crippen LogP contribution in [0.5, 0.6) is 0 Å².